The Morgan fingerprint density at radius 2 is 2.35 bits per heavy atom. The number of ether oxygens (including phenoxy) is 1. The molecule has 0 unspecified atom stereocenters. The highest BCUT2D eigenvalue weighted by molar-refractivity contribution is 5.69. The lowest BCUT2D eigenvalue weighted by molar-refractivity contribution is -0.148. The molecular weight excluding hydrogens is 220 g/mol. The van der Waals surface area contributed by atoms with Gasteiger partial charge in [-0.3, -0.25) is 4.79 Å². The first-order valence-corrected chi connectivity index (χ1v) is 5.56. The van der Waals surface area contributed by atoms with E-state index in [-0.39, 0.29) is 12.1 Å². The van der Waals surface area contributed by atoms with Crippen LogP contribution in [0.3, 0.4) is 0 Å². The van der Waals surface area contributed by atoms with Crippen molar-refractivity contribution in [3.8, 4) is 0 Å². The van der Waals surface area contributed by atoms with Crippen molar-refractivity contribution in [2.45, 2.75) is 32.8 Å². The van der Waals surface area contributed by atoms with Crippen LogP contribution >= 0.6 is 0 Å². The molecule has 0 aliphatic carbocycles. The summed E-state index contributed by atoms with van der Waals surface area (Å²) in [5.41, 5.74) is 0.761. The number of esters is 1. The van der Waals surface area contributed by atoms with Crippen molar-refractivity contribution in [2.75, 3.05) is 0 Å². The second-order valence-corrected chi connectivity index (χ2v) is 3.72. The third-order valence-electron chi connectivity index (χ3n) is 2.39. The van der Waals surface area contributed by atoms with E-state index in [1.807, 2.05) is 13.8 Å². The Hall–Kier alpha value is -1.98. The third-order valence-corrected chi connectivity index (χ3v) is 2.39. The van der Waals surface area contributed by atoms with Gasteiger partial charge in [-0.05, 0) is 19.4 Å². The minimum Gasteiger partial charge on any atom is -0.456 e. The average molecular weight is 234 g/mol. The van der Waals surface area contributed by atoms with Gasteiger partial charge in [-0.1, -0.05) is 6.92 Å². The largest absolute Gasteiger partial charge is 0.456 e. The highest BCUT2D eigenvalue weighted by Gasteiger charge is 2.15. The van der Waals surface area contributed by atoms with Crippen LogP contribution in [0.15, 0.2) is 18.6 Å². The molecule has 2 aromatic heterocycles. The molecule has 6 heteroatoms. The van der Waals surface area contributed by atoms with E-state index in [1.54, 1.807) is 16.8 Å². The van der Waals surface area contributed by atoms with Gasteiger partial charge in [-0.25, -0.2) is 4.98 Å². The summed E-state index contributed by atoms with van der Waals surface area (Å²) in [4.78, 5) is 19.4. The van der Waals surface area contributed by atoms with Crippen LogP contribution in [-0.4, -0.2) is 25.6 Å². The third kappa shape index (κ3) is 2.41. The first-order valence-electron chi connectivity index (χ1n) is 5.56. The highest BCUT2D eigenvalue weighted by atomic mass is 16.5. The van der Waals surface area contributed by atoms with Crippen LogP contribution in [0.2, 0.25) is 0 Å². The van der Waals surface area contributed by atoms with E-state index in [9.17, 15) is 4.79 Å². The Balaban J connectivity index is 2.21. The van der Waals surface area contributed by atoms with Crippen LogP contribution in [-0.2, 0) is 9.53 Å². The van der Waals surface area contributed by atoms with Crippen LogP contribution in [0.4, 0.5) is 0 Å². The summed E-state index contributed by atoms with van der Waals surface area (Å²) in [5, 5.41) is 4.04. The Morgan fingerprint density at radius 3 is 3.12 bits per heavy atom. The lowest BCUT2D eigenvalue weighted by Gasteiger charge is -2.13. The summed E-state index contributed by atoms with van der Waals surface area (Å²) in [5.74, 6) is 0.297. The molecule has 0 aromatic carbocycles. The standard InChI is InChI=1S/C11H14N4O2/c1-3-4-10(16)17-8(2)9-5-6-12-11-13-7-14-15(9)11/h5-8H,3-4H2,1-2H3/t8-/m0/s1. The zero-order valence-electron chi connectivity index (χ0n) is 9.83. The number of fused-ring (bicyclic) bond motifs is 1. The maximum atomic E-state index is 11.4. The van der Waals surface area contributed by atoms with Crippen LogP contribution < -0.4 is 0 Å². The molecule has 0 amide bonds. The Kier molecular flexibility index (Phi) is 3.32. The molecule has 0 saturated carbocycles. The van der Waals surface area contributed by atoms with Crippen LogP contribution in [0.5, 0.6) is 0 Å². The molecule has 90 valence electrons. The maximum absolute atomic E-state index is 11.4. The molecule has 0 spiro atoms. The second kappa shape index (κ2) is 4.90. The smallest absolute Gasteiger partial charge is 0.306 e. The molecule has 2 aromatic rings. The molecule has 0 bridgehead atoms. The normalized spacial score (nSPS) is 12.6. The summed E-state index contributed by atoms with van der Waals surface area (Å²) in [7, 11) is 0. The van der Waals surface area contributed by atoms with E-state index in [0.717, 1.165) is 12.1 Å². The van der Waals surface area contributed by atoms with Gasteiger partial charge in [0, 0.05) is 12.6 Å². The van der Waals surface area contributed by atoms with Crippen molar-refractivity contribution < 1.29 is 9.53 Å². The second-order valence-electron chi connectivity index (χ2n) is 3.72. The Labute approximate surface area is 98.6 Å². The molecule has 2 rings (SSSR count). The van der Waals surface area contributed by atoms with E-state index >= 15 is 0 Å². The summed E-state index contributed by atoms with van der Waals surface area (Å²) in [6.07, 6.45) is 3.90. The van der Waals surface area contributed by atoms with Crippen LogP contribution in [0.1, 0.15) is 38.5 Å². The van der Waals surface area contributed by atoms with E-state index in [2.05, 4.69) is 15.1 Å². The molecule has 2 heterocycles. The molecule has 0 aliphatic heterocycles. The Bertz CT molecular complexity index is 523. The van der Waals surface area contributed by atoms with Gasteiger partial charge in [0.25, 0.3) is 5.78 Å². The van der Waals surface area contributed by atoms with Crippen molar-refractivity contribution in [3.05, 3.63) is 24.3 Å². The lowest BCUT2D eigenvalue weighted by Crippen LogP contribution is -2.12. The molecule has 0 N–H and O–H groups in total. The van der Waals surface area contributed by atoms with Crippen molar-refractivity contribution in [1.29, 1.82) is 0 Å². The SMILES string of the molecule is CCCC(=O)O[C@@H](C)c1ccnc2ncnn12. The summed E-state index contributed by atoms with van der Waals surface area (Å²) in [6, 6.07) is 1.77. The Morgan fingerprint density at radius 1 is 1.53 bits per heavy atom. The fourth-order valence-corrected chi connectivity index (χ4v) is 1.58. The highest BCUT2D eigenvalue weighted by Crippen LogP contribution is 2.16. The molecule has 0 radical (unpaired) electrons. The minimum absolute atomic E-state index is 0.204. The quantitative estimate of drug-likeness (QED) is 0.750. The fraction of sp³-hybridized carbons (Fsp3) is 0.455. The number of carbonyl (C=O) groups is 1. The number of nitrogens with zero attached hydrogens (tertiary/aromatic N) is 4. The lowest BCUT2D eigenvalue weighted by atomic mass is 10.2. The van der Waals surface area contributed by atoms with Gasteiger partial charge in [-0.15, -0.1) is 0 Å². The van der Waals surface area contributed by atoms with Crippen LogP contribution in [0, 0.1) is 0 Å². The molecule has 6 nitrogen and oxygen atoms in total. The van der Waals surface area contributed by atoms with Gasteiger partial charge in [0.05, 0.1) is 5.69 Å². The van der Waals surface area contributed by atoms with E-state index in [0.29, 0.717) is 12.2 Å². The van der Waals surface area contributed by atoms with Crippen molar-refractivity contribution in [1.82, 2.24) is 19.6 Å². The first kappa shape index (κ1) is 11.5. The summed E-state index contributed by atoms with van der Waals surface area (Å²) in [6.45, 7) is 3.75. The number of rotatable bonds is 4. The molecule has 0 fully saturated rings. The molecule has 17 heavy (non-hydrogen) atoms. The van der Waals surface area contributed by atoms with Gasteiger partial charge in [-0.2, -0.15) is 14.6 Å². The van der Waals surface area contributed by atoms with Gasteiger partial charge >= 0.3 is 5.97 Å². The number of aromatic nitrogens is 4. The maximum Gasteiger partial charge on any atom is 0.306 e. The average Bonchev–Trinajstić information content (AvgIpc) is 2.76. The molecule has 1 atom stereocenters. The zero-order valence-corrected chi connectivity index (χ0v) is 9.83. The number of hydrogen-bond donors (Lipinski definition) is 0. The van der Waals surface area contributed by atoms with Crippen molar-refractivity contribution >= 4 is 11.7 Å². The monoisotopic (exact) mass is 234 g/mol. The molecule has 0 aliphatic rings. The van der Waals surface area contributed by atoms with E-state index < -0.39 is 0 Å². The summed E-state index contributed by atoms with van der Waals surface area (Å²) >= 11 is 0. The number of hydrogen-bond acceptors (Lipinski definition) is 5. The van der Waals surface area contributed by atoms with E-state index in [1.165, 1.54) is 6.33 Å². The van der Waals surface area contributed by atoms with Gasteiger partial charge in [0.1, 0.15) is 12.4 Å². The van der Waals surface area contributed by atoms with E-state index in [4.69, 9.17) is 4.74 Å². The summed E-state index contributed by atoms with van der Waals surface area (Å²) < 4.78 is 6.87. The van der Waals surface area contributed by atoms with Gasteiger partial charge in [0.2, 0.25) is 0 Å². The fourth-order valence-electron chi connectivity index (χ4n) is 1.58. The van der Waals surface area contributed by atoms with Crippen LogP contribution in [0.25, 0.3) is 5.78 Å². The minimum atomic E-state index is -0.360. The molecular formula is C11H14N4O2. The van der Waals surface area contributed by atoms with Crippen molar-refractivity contribution in [2.24, 2.45) is 0 Å². The number of carbonyl (C=O) groups excluding carboxylic acids is 1. The first-order chi connectivity index (χ1) is 8.22. The topological polar surface area (TPSA) is 69.4 Å². The van der Waals surface area contributed by atoms with Gasteiger partial charge in [0.15, 0.2) is 0 Å². The van der Waals surface area contributed by atoms with Gasteiger partial charge < -0.3 is 4.74 Å². The van der Waals surface area contributed by atoms with Crippen molar-refractivity contribution in [3.63, 3.8) is 0 Å². The zero-order chi connectivity index (χ0) is 12.3. The predicted octanol–water partition coefficient (Wildman–Crippen LogP) is 1.53. The molecule has 0 saturated heterocycles. The predicted molar refractivity (Wildman–Crippen MR) is 60.2 cm³/mol.